The fourth-order valence-electron chi connectivity index (χ4n) is 1.15. The number of hydrogen-bond donors (Lipinski definition) is 1. The van der Waals surface area contributed by atoms with Crippen LogP contribution in [-0.4, -0.2) is 10.9 Å². The van der Waals surface area contributed by atoms with E-state index in [0.29, 0.717) is 10.4 Å². The van der Waals surface area contributed by atoms with Gasteiger partial charge in [-0.3, -0.25) is 4.79 Å². The molecule has 0 aliphatic carbocycles. The minimum atomic E-state index is -0.498. The van der Waals surface area contributed by atoms with Crippen LogP contribution in [0.2, 0.25) is 0 Å². The standard InChI is InChI=1S/C11H7BrN2O3/c12-8-2-1-3-9(13-8)14-11(16)7-4-5-10(15)17-6-7/h1-6H,(H,13,14,16). The number of rotatable bonds is 2. The lowest BCUT2D eigenvalue weighted by atomic mass is 10.3. The second-order valence-corrected chi connectivity index (χ2v) is 3.96. The molecule has 0 saturated heterocycles. The normalized spacial score (nSPS) is 9.94. The highest BCUT2D eigenvalue weighted by atomic mass is 79.9. The van der Waals surface area contributed by atoms with E-state index in [1.165, 1.54) is 12.1 Å². The number of nitrogens with one attached hydrogen (secondary N) is 1. The molecule has 0 unspecified atom stereocenters. The van der Waals surface area contributed by atoms with Gasteiger partial charge in [0.15, 0.2) is 0 Å². The van der Waals surface area contributed by atoms with Crippen molar-refractivity contribution in [1.82, 2.24) is 4.98 Å². The molecule has 1 amide bonds. The number of carbonyl (C=O) groups excluding carboxylic acids is 1. The second-order valence-electron chi connectivity index (χ2n) is 3.14. The Hall–Kier alpha value is -1.95. The molecule has 0 bridgehead atoms. The maximum absolute atomic E-state index is 11.7. The first-order chi connectivity index (χ1) is 8.15. The number of amides is 1. The van der Waals surface area contributed by atoms with E-state index in [-0.39, 0.29) is 11.5 Å². The average molecular weight is 295 g/mol. The molecule has 0 saturated carbocycles. The van der Waals surface area contributed by atoms with Gasteiger partial charge in [-0.1, -0.05) is 6.07 Å². The van der Waals surface area contributed by atoms with E-state index in [0.717, 1.165) is 6.26 Å². The SMILES string of the molecule is O=C(Nc1cccc(Br)n1)c1ccc(=O)oc1. The van der Waals surface area contributed by atoms with Crippen molar-refractivity contribution < 1.29 is 9.21 Å². The first-order valence-electron chi connectivity index (χ1n) is 4.68. The van der Waals surface area contributed by atoms with Crippen LogP contribution in [0.15, 0.2) is 50.4 Å². The molecule has 0 atom stereocenters. The second kappa shape index (κ2) is 4.92. The Bertz CT molecular complexity index is 589. The lowest BCUT2D eigenvalue weighted by Gasteiger charge is -2.03. The number of aromatic nitrogens is 1. The Morgan fingerprint density at radius 1 is 1.29 bits per heavy atom. The molecule has 6 heteroatoms. The third-order valence-corrected chi connectivity index (χ3v) is 2.36. The fourth-order valence-corrected chi connectivity index (χ4v) is 1.50. The zero-order valence-corrected chi connectivity index (χ0v) is 10.1. The average Bonchev–Trinajstić information content (AvgIpc) is 2.29. The molecule has 0 aliphatic rings. The van der Waals surface area contributed by atoms with Gasteiger partial charge in [-0.15, -0.1) is 0 Å². The van der Waals surface area contributed by atoms with Crippen LogP contribution >= 0.6 is 15.9 Å². The van der Waals surface area contributed by atoms with Crippen LogP contribution in [0.5, 0.6) is 0 Å². The van der Waals surface area contributed by atoms with Crippen molar-refractivity contribution >= 4 is 27.7 Å². The highest BCUT2D eigenvalue weighted by molar-refractivity contribution is 9.10. The quantitative estimate of drug-likeness (QED) is 0.861. The van der Waals surface area contributed by atoms with Gasteiger partial charge in [-0.25, -0.2) is 9.78 Å². The van der Waals surface area contributed by atoms with Gasteiger partial charge in [0, 0.05) is 6.07 Å². The molecule has 0 aromatic carbocycles. The summed E-state index contributed by atoms with van der Waals surface area (Å²) in [6, 6.07) is 7.72. The fraction of sp³-hybridized carbons (Fsp3) is 0. The Balaban J connectivity index is 2.17. The van der Waals surface area contributed by atoms with Crippen molar-refractivity contribution in [1.29, 1.82) is 0 Å². The first-order valence-corrected chi connectivity index (χ1v) is 5.47. The van der Waals surface area contributed by atoms with Gasteiger partial charge in [0.25, 0.3) is 5.91 Å². The summed E-state index contributed by atoms with van der Waals surface area (Å²) in [7, 11) is 0. The Morgan fingerprint density at radius 3 is 2.76 bits per heavy atom. The topological polar surface area (TPSA) is 72.2 Å². The monoisotopic (exact) mass is 294 g/mol. The van der Waals surface area contributed by atoms with E-state index in [4.69, 9.17) is 0 Å². The van der Waals surface area contributed by atoms with Crippen LogP contribution < -0.4 is 10.9 Å². The summed E-state index contributed by atoms with van der Waals surface area (Å²) < 4.78 is 5.22. The van der Waals surface area contributed by atoms with Gasteiger partial charge >= 0.3 is 5.63 Å². The number of hydrogen-bond acceptors (Lipinski definition) is 4. The summed E-state index contributed by atoms with van der Waals surface area (Å²) in [5.74, 6) is 0.0231. The molecule has 1 N–H and O–H groups in total. The highest BCUT2D eigenvalue weighted by Crippen LogP contribution is 2.11. The first kappa shape index (κ1) is 11.5. The molecular weight excluding hydrogens is 288 g/mol. The molecule has 86 valence electrons. The molecule has 2 aromatic rings. The minimum absolute atomic E-state index is 0.256. The van der Waals surface area contributed by atoms with Crippen molar-refractivity contribution in [2.24, 2.45) is 0 Å². The van der Waals surface area contributed by atoms with Crippen molar-refractivity contribution in [3.05, 3.63) is 57.2 Å². The van der Waals surface area contributed by atoms with Gasteiger partial charge in [-0.2, -0.15) is 0 Å². The van der Waals surface area contributed by atoms with E-state index in [1.807, 2.05) is 0 Å². The zero-order valence-electron chi connectivity index (χ0n) is 8.51. The maximum Gasteiger partial charge on any atom is 0.335 e. The smallest absolute Gasteiger partial charge is 0.335 e. The van der Waals surface area contributed by atoms with E-state index < -0.39 is 5.63 Å². The molecule has 5 nitrogen and oxygen atoms in total. The Morgan fingerprint density at radius 2 is 2.12 bits per heavy atom. The van der Waals surface area contributed by atoms with Gasteiger partial charge < -0.3 is 9.73 Å². The molecule has 0 fully saturated rings. The third kappa shape index (κ3) is 3.01. The van der Waals surface area contributed by atoms with Crippen LogP contribution in [-0.2, 0) is 0 Å². The van der Waals surface area contributed by atoms with Crippen molar-refractivity contribution in [2.75, 3.05) is 5.32 Å². The maximum atomic E-state index is 11.7. The lowest BCUT2D eigenvalue weighted by Crippen LogP contribution is -2.13. The molecular formula is C11H7BrN2O3. The molecule has 0 aliphatic heterocycles. The van der Waals surface area contributed by atoms with Crippen LogP contribution in [0.25, 0.3) is 0 Å². The summed E-state index contributed by atoms with van der Waals surface area (Å²) >= 11 is 3.20. The van der Waals surface area contributed by atoms with Crippen LogP contribution in [0, 0.1) is 0 Å². The molecule has 2 rings (SSSR count). The molecule has 2 aromatic heterocycles. The molecule has 0 spiro atoms. The van der Waals surface area contributed by atoms with Gasteiger partial charge in [0.1, 0.15) is 16.7 Å². The summed E-state index contributed by atoms with van der Waals surface area (Å²) in [6.07, 6.45) is 1.11. The Labute approximate surface area is 105 Å². The number of carbonyl (C=O) groups is 1. The van der Waals surface area contributed by atoms with E-state index in [2.05, 4.69) is 30.6 Å². The summed E-state index contributed by atoms with van der Waals surface area (Å²) in [4.78, 5) is 26.5. The predicted octanol–water partition coefficient (Wildman–Crippen LogP) is 2.05. The van der Waals surface area contributed by atoms with E-state index in [9.17, 15) is 9.59 Å². The van der Waals surface area contributed by atoms with Gasteiger partial charge in [0.2, 0.25) is 0 Å². The number of pyridine rings is 1. The summed E-state index contributed by atoms with van der Waals surface area (Å²) in [5, 5.41) is 2.58. The lowest BCUT2D eigenvalue weighted by molar-refractivity contribution is 0.102. The number of halogens is 1. The van der Waals surface area contributed by atoms with Gasteiger partial charge in [0.05, 0.1) is 5.56 Å². The number of nitrogens with zero attached hydrogens (tertiary/aromatic N) is 1. The van der Waals surface area contributed by atoms with Crippen molar-refractivity contribution in [2.45, 2.75) is 0 Å². The zero-order chi connectivity index (χ0) is 12.3. The molecule has 0 radical (unpaired) electrons. The van der Waals surface area contributed by atoms with E-state index in [1.54, 1.807) is 18.2 Å². The summed E-state index contributed by atoms with van der Waals surface area (Å²) in [6.45, 7) is 0. The van der Waals surface area contributed by atoms with Crippen molar-refractivity contribution in [3.8, 4) is 0 Å². The van der Waals surface area contributed by atoms with Crippen LogP contribution in [0.3, 0.4) is 0 Å². The highest BCUT2D eigenvalue weighted by Gasteiger charge is 2.07. The number of anilines is 1. The third-order valence-electron chi connectivity index (χ3n) is 1.92. The van der Waals surface area contributed by atoms with Crippen LogP contribution in [0.4, 0.5) is 5.82 Å². The van der Waals surface area contributed by atoms with E-state index >= 15 is 0 Å². The van der Waals surface area contributed by atoms with Crippen molar-refractivity contribution in [3.63, 3.8) is 0 Å². The summed E-state index contributed by atoms with van der Waals surface area (Å²) in [5.41, 5.74) is -0.242. The van der Waals surface area contributed by atoms with Crippen LogP contribution in [0.1, 0.15) is 10.4 Å². The largest absolute Gasteiger partial charge is 0.430 e. The molecule has 2 heterocycles. The minimum Gasteiger partial charge on any atom is -0.430 e. The molecule has 17 heavy (non-hydrogen) atoms. The predicted molar refractivity (Wildman–Crippen MR) is 64.9 cm³/mol. The Kier molecular flexibility index (Phi) is 3.34. The van der Waals surface area contributed by atoms with Gasteiger partial charge in [-0.05, 0) is 34.1 Å².